The van der Waals surface area contributed by atoms with E-state index < -0.39 is 6.04 Å². The van der Waals surface area contributed by atoms with Gasteiger partial charge < -0.3 is 15.8 Å². The van der Waals surface area contributed by atoms with Crippen molar-refractivity contribution in [2.24, 2.45) is 11.7 Å². The quantitative estimate of drug-likeness (QED) is 0.848. The summed E-state index contributed by atoms with van der Waals surface area (Å²) < 4.78 is 5.31. The van der Waals surface area contributed by atoms with Crippen molar-refractivity contribution in [3.8, 4) is 0 Å². The minimum absolute atomic E-state index is 0.0952. The van der Waals surface area contributed by atoms with Gasteiger partial charge in [-0.1, -0.05) is 19.1 Å². The Morgan fingerprint density at radius 3 is 2.95 bits per heavy atom. The zero-order valence-electron chi connectivity index (χ0n) is 12.5. The number of hydrogen-bond acceptors (Lipinski definition) is 4. The first-order valence-corrected chi connectivity index (χ1v) is 8.67. The summed E-state index contributed by atoms with van der Waals surface area (Å²) in [5.74, 6) is 2.18. The molecule has 5 heteroatoms. The number of carbonyl (C=O) groups excluding carboxylic acids is 1. The predicted molar refractivity (Wildman–Crippen MR) is 88.4 cm³/mol. The zero-order valence-corrected chi connectivity index (χ0v) is 13.3. The summed E-state index contributed by atoms with van der Waals surface area (Å²) in [6.07, 6.45) is 1.73. The lowest BCUT2D eigenvalue weighted by atomic mass is 9.92. The number of nitrogens with one attached hydrogen (secondary N) is 1. The Morgan fingerprint density at radius 1 is 1.48 bits per heavy atom. The number of benzene rings is 1. The van der Waals surface area contributed by atoms with Gasteiger partial charge in [-0.25, -0.2) is 0 Å². The van der Waals surface area contributed by atoms with E-state index in [0.717, 1.165) is 30.0 Å². The third-order valence-corrected chi connectivity index (χ3v) is 4.69. The van der Waals surface area contributed by atoms with Crippen molar-refractivity contribution in [2.75, 3.05) is 24.3 Å². The van der Waals surface area contributed by atoms with E-state index in [2.05, 4.69) is 18.3 Å². The maximum atomic E-state index is 12.3. The van der Waals surface area contributed by atoms with Crippen molar-refractivity contribution in [3.63, 3.8) is 0 Å². The number of anilines is 1. The number of rotatable bonds is 6. The van der Waals surface area contributed by atoms with Gasteiger partial charge in [-0.15, -0.1) is 0 Å². The van der Waals surface area contributed by atoms with Gasteiger partial charge in [-0.05, 0) is 42.2 Å². The Bertz CT molecular complexity index is 461. The van der Waals surface area contributed by atoms with E-state index in [1.54, 1.807) is 0 Å². The molecule has 1 aliphatic heterocycles. The minimum Gasteiger partial charge on any atom is -0.381 e. The second-order valence-corrected chi connectivity index (χ2v) is 6.58. The molecule has 1 atom stereocenters. The highest BCUT2D eigenvalue weighted by atomic mass is 32.2. The van der Waals surface area contributed by atoms with Gasteiger partial charge in [0.05, 0.1) is 6.04 Å². The molecule has 1 unspecified atom stereocenters. The van der Waals surface area contributed by atoms with Gasteiger partial charge in [-0.2, -0.15) is 11.8 Å². The molecule has 1 aromatic rings. The fourth-order valence-corrected chi connectivity index (χ4v) is 3.09. The Morgan fingerprint density at radius 2 is 2.24 bits per heavy atom. The number of amides is 1. The highest BCUT2D eigenvalue weighted by molar-refractivity contribution is 7.98. The van der Waals surface area contributed by atoms with E-state index in [1.807, 2.05) is 30.0 Å². The first-order chi connectivity index (χ1) is 10.2. The van der Waals surface area contributed by atoms with Crippen molar-refractivity contribution in [3.05, 3.63) is 29.8 Å². The summed E-state index contributed by atoms with van der Waals surface area (Å²) >= 11 is 1.87. The van der Waals surface area contributed by atoms with Gasteiger partial charge in [0, 0.05) is 24.7 Å². The minimum atomic E-state index is -0.456. The molecule has 2 rings (SSSR count). The molecule has 1 heterocycles. The Labute approximate surface area is 130 Å². The van der Waals surface area contributed by atoms with E-state index in [-0.39, 0.29) is 11.8 Å². The second kappa shape index (κ2) is 8.41. The first-order valence-electron chi connectivity index (χ1n) is 7.51. The molecule has 1 amide bonds. The maximum Gasteiger partial charge on any atom is 0.241 e. The van der Waals surface area contributed by atoms with E-state index in [4.69, 9.17) is 10.5 Å². The maximum absolute atomic E-state index is 12.3. The Hall–Kier alpha value is -1.04. The van der Waals surface area contributed by atoms with Gasteiger partial charge in [0.25, 0.3) is 0 Å². The molecular formula is C16H24N2O2S. The largest absolute Gasteiger partial charge is 0.381 e. The summed E-state index contributed by atoms with van der Waals surface area (Å²) in [6, 6.07) is 7.53. The van der Waals surface area contributed by atoms with Gasteiger partial charge >= 0.3 is 0 Å². The smallest absolute Gasteiger partial charge is 0.241 e. The zero-order chi connectivity index (χ0) is 15.1. The van der Waals surface area contributed by atoms with Gasteiger partial charge in [0.2, 0.25) is 5.91 Å². The van der Waals surface area contributed by atoms with Crippen molar-refractivity contribution in [2.45, 2.75) is 31.6 Å². The van der Waals surface area contributed by atoms with Crippen LogP contribution in [-0.2, 0) is 15.3 Å². The van der Waals surface area contributed by atoms with Crippen LogP contribution in [0.4, 0.5) is 5.69 Å². The molecule has 3 N–H and O–H groups in total. The van der Waals surface area contributed by atoms with Crippen molar-refractivity contribution >= 4 is 23.4 Å². The number of carbonyl (C=O) groups is 1. The van der Waals surface area contributed by atoms with E-state index in [1.165, 1.54) is 5.56 Å². The fourth-order valence-electron chi connectivity index (χ4n) is 2.47. The molecule has 0 radical (unpaired) electrons. The molecule has 1 aliphatic rings. The molecule has 0 aliphatic carbocycles. The summed E-state index contributed by atoms with van der Waals surface area (Å²) in [7, 11) is 0. The van der Waals surface area contributed by atoms with Crippen LogP contribution in [0, 0.1) is 5.92 Å². The topological polar surface area (TPSA) is 64.4 Å². The molecule has 1 saturated heterocycles. The summed E-state index contributed by atoms with van der Waals surface area (Å²) in [6.45, 7) is 3.55. The lowest BCUT2D eigenvalue weighted by molar-refractivity contribution is -0.119. The number of thioether (sulfide) groups is 1. The fraction of sp³-hybridized carbons (Fsp3) is 0.562. The molecule has 0 saturated carbocycles. The number of nitrogens with two attached hydrogens (primary N) is 1. The van der Waals surface area contributed by atoms with Crippen molar-refractivity contribution in [1.29, 1.82) is 0 Å². The van der Waals surface area contributed by atoms with E-state index in [0.29, 0.717) is 13.2 Å². The van der Waals surface area contributed by atoms with Crippen molar-refractivity contribution < 1.29 is 9.53 Å². The lowest BCUT2D eigenvalue weighted by Gasteiger charge is -2.26. The summed E-state index contributed by atoms with van der Waals surface area (Å²) in [5, 5.41) is 2.94. The van der Waals surface area contributed by atoms with Crippen molar-refractivity contribution in [1.82, 2.24) is 0 Å². The second-order valence-electron chi connectivity index (χ2n) is 5.30. The molecule has 0 bridgehead atoms. The molecule has 0 spiro atoms. The average molecular weight is 308 g/mol. The van der Waals surface area contributed by atoms with Crippen LogP contribution < -0.4 is 11.1 Å². The van der Waals surface area contributed by atoms with Crippen LogP contribution >= 0.6 is 11.8 Å². The Kier molecular flexibility index (Phi) is 6.54. The predicted octanol–water partition coefficient (Wildman–Crippen LogP) is 2.63. The highest BCUT2D eigenvalue weighted by Crippen LogP contribution is 2.20. The molecule has 0 aromatic heterocycles. The van der Waals surface area contributed by atoms with Crippen LogP contribution in [0.25, 0.3) is 0 Å². The molecule has 116 valence electrons. The van der Waals surface area contributed by atoms with Gasteiger partial charge in [0.1, 0.15) is 0 Å². The van der Waals surface area contributed by atoms with Crippen LogP contribution in [-0.4, -0.2) is 30.9 Å². The number of hydrogen-bond donors (Lipinski definition) is 2. The van der Waals surface area contributed by atoms with Crippen LogP contribution in [0.5, 0.6) is 0 Å². The lowest BCUT2D eigenvalue weighted by Crippen LogP contribution is -2.44. The standard InChI is InChI=1S/C16H24N2O2S/c1-2-21-11-12-4-3-5-14(10-12)18-16(19)15(17)13-6-8-20-9-7-13/h3-5,10,13,15H,2,6-9,11,17H2,1H3,(H,18,19). The highest BCUT2D eigenvalue weighted by Gasteiger charge is 2.26. The monoisotopic (exact) mass is 308 g/mol. The van der Waals surface area contributed by atoms with Crippen LogP contribution in [0.2, 0.25) is 0 Å². The average Bonchev–Trinajstić information content (AvgIpc) is 2.53. The molecule has 1 aromatic carbocycles. The normalized spacial score (nSPS) is 17.4. The molecule has 21 heavy (non-hydrogen) atoms. The number of ether oxygens (including phenoxy) is 1. The van der Waals surface area contributed by atoms with Gasteiger partial charge in [-0.3, -0.25) is 4.79 Å². The van der Waals surface area contributed by atoms with Crippen LogP contribution in [0.3, 0.4) is 0 Å². The molecule has 4 nitrogen and oxygen atoms in total. The SMILES string of the molecule is CCSCc1cccc(NC(=O)C(N)C2CCOCC2)c1. The van der Waals surface area contributed by atoms with E-state index >= 15 is 0 Å². The first kappa shape index (κ1) is 16.3. The van der Waals surface area contributed by atoms with Gasteiger partial charge in [0.15, 0.2) is 0 Å². The molecular weight excluding hydrogens is 284 g/mol. The summed E-state index contributed by atoms with van der Waals surface area (Å²) in [4.78, 5) is 12.3. The molecule has 1 fully saturated rings. The summed E-state index contributed by atoms with van der Waals surface area (Å²) in [5.41, 5.74) is 8.14. The van der Waals surface area contributed by atoms with E-state index in [9.17, 15) is 4.79 Å². The third-order valence-electron chi connectivity index (χ3n) is 3.74. The van der Waals surface area contributed by atoms with Crippen LogP contribution in [0.15, 0.2) is 24.3 Å². The van der Waals surface area contributed by atoms with Crippen LogP contribution in [0.1, 0.15) is 25.3 Å². The Balaban J connectivity index is 1.91. The third kappa shape index (κ3) is 5.02.